The topological polar surface area (TPSA) is 146 Å². The molecule has 1 aliphatic heterocycles. The van der Waals surface area contributed by atoms with E-state index in [0.29, 0.717) is 40.7 Å². The Hall–Kier alpha value is -4.04. The van der Waals surface area contributed by atoms with Crippen molar-refractivity contribution >= 4 is 42.8 Å². The van der Waals surface area contributed by atoms with Crippen molar-refractivity contribution in [3.8, 4) is 22.5 Å². The van der Waals surface area contributed by atoms with Crippen molar-refractivity contribution in [1.29, 1.82) is 0 Å². The maximum atomic E-state index is 13.2. The molecular formula is C35H44N3O8S2+. The fraction of sp³-hybridized carbons (Fsp3) is 0.371. The first kappa shape index (κ1) is 36.8. The molecule has 0 saturated heterocycles. The number of unbranched alkanes of at least 4 members (excludes halogenated alkanes) is 1. The molecule has 48 heavy (non-hydrogen) atoms. The molecule has 0 atom stereocenters. The number of ether oxygens (including phenoxy) is 1. The van der Waals surface area contributed by atoms with Gasteiger partial charge in [-0.15, -0.1) is 0 Å². The molecule has 11 nitrogen and oxygen atoms in total. The van der Waals surface area contributed by atoms with E-state index < -0.39 is 31.0 Å². The minimum atomic E-state index is -4.90. The number of carbonyl (C=O) groups excluding carboxylic acids is 1. The Kier molecular flexibility index (Phi) is 11.8. The summed E-state index contributed by atoms with van der Waals surface area (Å²) >= 11 is 0. The first-order chi connectivity index (χ1) is 22.7. The van der Waals surface area contributed by atoms with Crippen molar-refractivity contribution in [2.24, 2.45) is 0 Å². The van der Waals surface area contributed by atoms with Gasteiger partial charge in [0, 0.05) is 65.1 Å². The van der Waals surface area contributed by atoms with E-state index in [1.807, 2.05) is 36.4 Å². The highest BCUT2D eigenvalue weighted by Gasteiger charge is 2.27. The van der Waals surface area contributed by atoms with Crippen molar-refractivity contribution in [3.63, 3.8) is 0 Å². The molecule has 2 aliphatic rings. The van der Waals surface area contributed by atoms with Gasteiger partial charge in [0.2, 0.25) is 15.4 Å². The van der Waals surface area contributed by atoms with Crippen LogP contribution in [0.5, 0.6) is 0 Å². The van der Waals surface area contributed by atoms with Crippen molar-refractivity contribution in [2.45, 2.75) is 57.3 Å². The molecule has 0 saturated carbocycles. The maximum absolute atomic E-state index is 13.2. The van der Waals surface area contributed by atoms with Gasteiger partial charge >= 0.3 is 5.97 Å². The Labute approximate surface area is 282 Å². The van der Waals surface area contributed by atoms with E-state index in [9.17, 15) is 26.2 Å². The second kappa shape index (κ2) is 15.5. The van der Waals surface area contributed by atoms with Crippen molar-refractivity contribution in [3.05, 3.63) is 72.1 Å². The van der Waals surface area contributed by atoms with Gasteiger partial charge in [0.25, 0.3) is 10.1 Å². The molecule has 0 amide bonds. The summed E-state index contributed by atoms with van der Waals surface area (Å²) in [6.45, 7) is 16.5. The molecule has 258 valence electrons. The molecule has 0 fully saturated rings. The molecule has 1 heterocycles. The van der Waals surface area contributed by atoms with Gasteiger partial charge in [0.05, 0.1) is 17.6 Å². The average molecular weight is 699 g/mol. The number of sulfonamides is 1. The summed E-state index contributed by atoms with van der Waals surface area (Å²) in [7, 11) is -9.07. The van der Waals surface area contributed by atoms with Gasteiger partial charge in [-0.05, 0) is 77.8 Å². The van der Waals surface area contributed by atoms with Crippen LogP contribution < -0.4 is 19.6 Å². The summed E-state index contributed by atoms with van der Waals surface area (Å²) in [4.78, 5) is 12.8. The van der Waals surface area contributed by atoms with Gasteiger partial charge in [0.15, 0.2) is 0 Å². The van der Waals surface area contributed by atoms with Crippen molar-refractivity contribution < 1.29 is 35.3 Å². The molecule has 0 unspecified atom stereocenters. The average Bonchev–Trinajstić information content (AvgIpc) is 3.05. The fourth-order valence-corrected chi connectivity index (χ4v) is 7.52. The second-order valence-electron chi connectivity index (χ2n) is 11.3. The number of anilines is 1. The molecular weight excluding hydrogens is 655 g/mol. The Morgan fingerprint density at radius 1 is 0.938 bits per heavy atom. The number of hydrogen-bond donors (Lipinski definition) is 2. The number of benzene rings is 3. The van der Waals surface area contributed by atoms with Crippen LogP contribution in [0.25, 0.3) is 33.4 Å². The van der Waals surface area contributed by atoms with Gasteiger partial charge in [-0.25, -0.2) is 22.5 Å². The maximum Gasteiger partial charge on any atom is 0.333 e. The van der Waals surface area contributed by atoms with Crippen LogP contribution in [0, 0.1) is 0 Å². The molecule has 2 aromatic rings. The number of esters is 1. The third-order valence-corrected chi connectivity index (χ3v) is 10.6. The number of rotatable bonds is 15. The van der Waals surface area contributed by atoms with E-state index in [4.69, 9.17) is 9.15 Å². The highest BCUT2D eigenvalue weighted by atomic mass is 32.2. The third-order valence-electron chi connectivity index (χ3n) is 8.20. The van der Waals surface area contributed by atoms with Gasteiger partial charge in [-0.1, -0.05) is 12.6 Å². The lowest BCUT2D eigenvalue weighted by molar-refractivity contribution is -0.139. The Morgan fingerprint density at radius 2 is 1.62 bits per heavy atom. The number of fused-ring (bicyclic) bond motifs is 2. The van der Waals surface area contributed by atoms with Crippen LogP contribution in [0.4, 0.5) is 5.69 Å². The zero-order chi connectivity index (χ0) is 35.2. The van der Waals surface area contributed by atoms with Crippen LogP contribution in [0.3, 0.4) is 0 Å². The first-order valence-corrected chi connectivity index (χ1v) is 19.0. The normalized spacial score (nSPS) is 12.0. The lowest BCUT2D eigenvalue weighted by atomic mass is 9.93. The first-order valence-electron chi connectivity index (χ1n) is 16.0. The van der Waals surface area contributed by atoms with Gasteiger partial charge < -0.3 is 14.1 Å². The Morgan fingerprint density at radius 3 is 2.25 bits per heavy atom. The van der Waals surface area contributed by atoms with Gasteiger partial charge in [-0.3, -0.25) is 4.55 Å². The highest BCUT2D eigenvalue weighted by molar-refractivity contribution is 7.89. The second-order valence-corrected chi connectivity index (χ2v) is 14.5. The largest absolute Gasteiger partial charge is 0.462 e. The standard InChI is InChI=1S/C35H43N3O8S2/c1-7-37(8-2)25-13-16-28-31(21-25)46-32-22-26(38(9-3)10-4)14-17-29(32)34(28)30-18-15-27(23-33(30)48(42,43)44)47(40,41)36-19-11-12-20-45-35(39)24(5)6/h13-18,21-23,36H,5,7-12,19-20H2,1-4,6H3/p+1. The van der Waals surface area contributed by atoms with Gasteiger partial charge in [0.1, 0.15) is 29.3 Å². The quantitative estimate of drug-likeness (QED) is 0.0423. The van der Waals surface area contributed by atoms with E-state index >= 15 is 0 Å². The zero-order valence-electron chi connectivity index (χ0n) is 28.1. The molecule has 0 spiro atoms. The SMILES string of the molecule is C=C(C)C(=O)OCCCCNS(=O)(=O)c1ccc(-c2c3ccc(=[N+](CC)CC)cc-3oc3cc(N(CC)CC)ccc23)c(S(=O)(=O)O)c1. The van der Waals surface area contributed by atoms with Crippen molar-refractivity contribution in [2.75, 3.05) is 44.2 Å². The highest BCUT2D eigenvalue weighted by Crippen LogP contribution is 2.43. The smallest absolute Gasteiger partial charge is 0.333 e. The number of hydrogen-bond acceptors (Lipinski definition) is 8. The van der Waals surface area contributed by atoms with E-state index in [0.717, 1.165) is 43.3 Å². The van der Waals surface area contributed by atoms with E-state index in [2.05, 4.69) is 48.5 Å². The van der Waals surface area contributed by atoms with Crippen LogP contribution in [0.15, 0.2) is 81.0 Å². The van der Waals surface area contributed by atoms with E-state index in [-0.39, 0.29) is 29.2 Å². The zero-order valence-corrected chi connectivity index (χ0v) is 29.7. The van der Waals surface area contributed by atoms with E-state index in [1.165, 1.54) is 19.1 Å². The Bertz CT molecular complexity index is 2080. The van der Waals surface area contributed by atoms with Crippen LogP contribution in [0.1, 0.15) is 47.5 Å². The minimum absolute atomic E-state index is 0.0229. The summed E-state index contributed by atoms with van der Waals surface area (Å²) in [6.07, 6.45) is 0.768. The Balaban J connectivity index is 1.85. The summed E-state index contributed by atoms with van der Waals surface area (Å²) in [5, 5.41) is 1.53. The molecule has 0 radical (unpaired) electrons. The third kappa shape index (κ3) is 8.15. The summed E-state index contributed by atoms with van der Waals surface area (Å²) in [6, 6.07) is 15.1. The number of nitrogens with zero attached hydrogens (tertiary/aromatic N) is 2. The van der Waals surface area contributed by atoms with Gasteiger partial charge in [-0.2, -0.15) is 8.42 Å². The van der Waals surface area contributed by atoms with Crippen molar-refractivity contribution in [1.82, 2.24) is 9.30 Å². The lowest BCUT2D eigenvalue weighted by Gasteiger charge is -2.22. The summed E-state index contributed by atoms with van der Waals surface area (Å²) in [5.41, 5.74) is 2.92. The van der Waals surface area contributed by atoms with Crippen LogP contribution in [-0.4, -0.2) is 66.7 Å². The molecule has 0 bridgehead atoms. The molecule has 2 N–H and O–H groups in total. The molecule has 1 aliphatic carbocycles. The van der Waals surface area contributed by atoms with Crippen LogP contribution in [0.2, 0.25) is 0 Å². The van der Waals surface area contributed by atoms with E-state index in [1.54, 1.807) is 0 Å². The summed E-state index contributed by atoms with van der Waals surface area (Å²) in [5.74, 6) is -0.0121. The lowest BCUT2D eigenvalue weighted by Crippen LogP contribution is -2.29. The minimum Gasteiger partial charge on any atom is -0.462 e. The molecule has 0 aromatic heterocycles. The predicted molar refractivity (Wildman–Crippen MR) is 188 cm³/mol. The van der Waals surface area contributed by atoms with Crippen LogP contribution >= 0.6 is 0 Å². The molecule has 2 aromatic carbocycles. The molecule has 13 heteroatoms. The predicted octanol–water partition coefficient (Wildman–Crippen LogP) is 5.29. The number of carbonyl (C=O) groups is 1. The monoisotopic (exact) mass is 698 g/mol. The van der Waals surface area contributed by atoms with Crippen LogP contribution in [-0.2, 0) is 29.7 Å². The summed E-state index contributed by atoms with van der Waals surface area (Å²) < 4.78 is 78.8. The number of nitrogens with one attached hydrogen (secondary N) is 1. The molecule has 4 rings (SSSR count). The fourth-order valence-electron chi connectivity index (χ4n) is 5.62.